The molecule has 29 heavy (non-hydrogen) atoms. The number of hydrogen-bond donors (Lipinski definition) is 1. The van der Waals surface area contributed by atoms with Crippen LogP contribution in [0.1, 0.15) is 23.2 Å². The Labute approximate surface area is 174 Å². The Kier molecular flexibility index (Phi) is 5.28. The number of piperidine rings is 1. The molecule has 1 saturated heterocycles. The zero-order chi connectivity index (χ0) is 19.1. The predicted molar refractivity (Wildman–Crippen MR) is 111 cm³/mol. The Hall–Kier alpha value is -2.50. The first kappa shape index (κ1) is 19.8. The number of aromatic nitrogens is 2. The van der Waals surface area contributed by atoms with E-state index in [1.54, 1.807) is 24.3 Å². The molecule has 0 saturated carbocycles. The molecule has 3 aromatic rings. The van der Waals surface area contributed by atoms with E-state index in [0.717, 1.165) is 49.3 Å². The molecule has 1 unspecified atom stereocenters. The lowest BCUT2D eigenvalue weighted by Crippen LogP contribution is -2.89. The van der Waals surface area contributed by atoms with Gasteiger partial charge >= 0.3 is 0 Å². The van der Waals surface area contributed by atoms with Crippen molar-refractivity contribution >= 4 is 18.5 Å². The molecule has 150 valence electrons. The highest BCUT2D eigenvalue weighted by Crippen LogP contribution is 2.43. The maximum atomic E-state index is 13.3. The van der Waals surface area contributed by atoms with Gasteiger partial charge in [0.05, 0.1) is 30.7 Å². The summed E-state index contributed by atoms with van der Waals surface area (Å²) < 4.78 is 28.5. The van der Waals surface area contributed by atoms with E-state index in [9.17, 15) is 8.78 Å². The molecule has 5 rings (SSSR count). The number of benzene rings is 2. The van der Waals surface area contributed by atoms with Crippen LogP contribution in [0.2, 0.25) is 0 Å². The SMILES string of the molecule is Cl.Fc1ccc(CC23C[NH2+]CCC2=Cc2c(cnn2-c2ccc(F)cc2)C3)cc1. The van der Waals surface area contributed by atoms with Crippen molar-refractivity contribution in [1.82, 2.24) is 9.78 Å². The van der Waals surface area contributed by atoms with Gasteiger partial charge in [-0.15, -0.1) is 12.4 Å². The first-order valence-corrected chi connectivity index (χ1v) is 9.73. The van der Waals surface area contributed by atoms with Crippen LogP contribution in [-0.4, -0.2) is 22.9 Å². The van der Waals surface area contributed by atoms with Gasteiger partial charge in [0, 0.05) is 11.8 Å². The molecule has 1 aliphatic heterocycles. The fraction of sp³-hybridized carbons (Fsp3) is 0.261. The number of halogens is 3. The summed E-state index contributed by atoms with van der Waals surface area (Å²) in [6, 6.07) is 13.3. The minimum absolute atomic E-state index is 0. The van der Waals surface area contributed by atoms with Gasteiger partial charge < -0.3 is 5.32 Å². The number of fused-ring (bicyclic) bond motifs is 2. The standard InChI is InChI=1S/C23H21F2N3.ClH/c24-19-3-1-16(2-4-19)12-23-13-17-14-27-28(21-7-5-20(25)6-8-21)22(17)11-18(23)9-10-26-15-23;/h1-8,11,14,26H,9-10,12-13,15H2;1H/p+1. The summed E-state index contributed by atoms with van der Waals surface area (Å²) in [5.74, 6) is -0.442. The molecule has 1 fully saturated rings. The van der Waals surface area contributed by atoms with Crippen LogP contribution in [0.25, 0.3) is 11.8 Å². The van der Waals surface area contributed by atoms with Gasteiger partial charge in [0.1, 0.15) is 11.6 Å². The molecule has 0 spiro atoms. The third-order valence-electron chi connectivity index (χ3n) is 6.09. The second-order valence-corrected chi connectivity index (χ2v) is 7.90. The van der Waals surface area contributed by atoms with Gasteiger partial charge in [-0.25, -0.2) is 13.5 Å². The normalized spacial score (nSPS) is 20.3. The number of nitrogens with two attached hydrogens (primary N) is 1. The molecule has 1 aromatic heterocycles. The average molecular weight is 415 g/mol. The zero-order valence-corrected chi connectivity index (χ0v) is 16.8. The third-order valence-corrected chi connectivity index (χ3v) is 6.09. The predicted octanol–water partition coefficient (Wildman–Crippen LogP) is 3.71. The van der Waals surface area contributed by atoms with Crippen LogP contribution in [0.3, 0.4) is 0 Å². The Morgan fingerprint density at radius 2 is 1.69 bits per heavy atom. The van der Waals surface area contributed by atoms with E-state index in [4.69, 9.17) is 0 Å². The van der Waals surface area contributed by atoms with Crippen molar-refractivity contribution < 1.29 is 14.1 Å². The van der Waals surface area contributed by atoms with Gasteiger partial charge in [0.25, 0.3) is 0 Å². The summed E-state index contributed by atoms with van der Waals surface area (Å²) >= 11 is 0. The molecule has 6 heteroatoms. The Balaban J connectivity index is 0.00000205. The fourth-order valence-electron chi connectivity index (χ4n) is 4.68. The van der Waals surface area contributed by atoms with Crippen LogP contribution in [0.4, 0.5) is 8.78 Å². The number of hydrogen-bond acceptors (Lipinski definition) is 1. The molecule has 0 amide bonds. The smallest absolute Gasteiger partial charge is 0.123 e. The maximum Gasteiger partial charge on any atom is 0.123 e. The van der Waals surface area contributed by atoms with Gasteiger partial charge in [-0.3, -0.25) is 0 Å². The number of quaternary nitrogens is 1. The van der Waals surface area contributed by atoms with Crippen LogP contribution in [-0.2, 0) is 12.8 Å². The molecule has 2 heterocycles. The van der Waals surface area contributed by atoms with E-state index < -0.39 is 0 Å². The monoisotopic (exact) mass is 414 g/mol. The minimum atomic E-state index is -0.246. The fourth-order valence-corrected chi connectivity index (χ4v) is 4.68. The summed E-state index contributed by atoms with van der Waals surface area (Å²) in [5.41, 5.74) is 5.82. The van der Waals surface area contributed by atoms with Gasteiger partial charge in [0.15, 0.2) is 0 Å². The van der Waals surface area contributed by atoms with Gasteiger partial charge in [-0.05, 0) is 66.4 Å². The number of rotatable bonds is 3. The number of nitrogens with zero attached hydrogens (tertiary/aromatic N) is 2. The van der Waals surface area contributed by atoms with E-state index in [2.05, 4.69) is 16.5 Å². The van der Waals surface area contributed by atoms with Crippen molar-refractivity contribution in [3.63, 3.8) is 0 Å². The molecule has 0 bridgehead atoms. The van der Waals surface area contributed by atoms with Crippen LogP contribution < -0.4 is 5.32 Å². The molecule has 3 nitrogen and oxygen atoms in total. The highest BCUT2D eigenvalue weighted by atomic mass is 35.5. The highest BCUT2D eigenvalue weighted by Gasteiger charge is 2.42. The molecule has 2 aromatic carbocycles. The Morgan fingerprint density at radius 3 is 2.41 bits per heavy atom. The molecular formula is C23H23ClF2N3+. The van der Waals surface area contributed by atoms with E-state index in [-0.39, 0.29) is 29.5 Å². The molecule has 0 radical (unpaired) electrons. The van der Waals surface area contributed by atoms with E-state index in [1.165, 1.54) is 23.3 Å². The van der Waals surface area contributed by atoms with Gasteiger partial charge in [-0.1, -0.05) is 17.7 Å². The molecule has 1 aliphatic carbocycles. The summed E-state index contributed by atoms with van der Waals surface area (Å²) in [7, 11) is 0. The Morgan fingerprint density at radius 1 is 1.00 bits per heavy atom. The summed E-state index contributed by atoms with van der Waals surface area (Å²) in [6.45, 7) is 2.11. The minimum Gasteiger partial charge on any atom is -0.345 e. The lowest BCUT2D eigenvalue weighted by Gasteiger charge is -2.40. The first-order chi connectivity index (χ1) is 13.6. The first-order valence-electron chi connectivity index (χ1n) is 9.73. The van der Waals surface area contributed by atoms with Crippen molar-refractivity contribution in [3.8, 4) is 5.69 Å². The highest BCUT2D eigenvalue weighted by molar-refractivity contribution is 5.85. The lowest BCUT2D eigenvalue weighted by molar-refractivity contribution is -0.671. The van der Waals surface area contributed by atoms with Gasteiger partial charge in [-0.2, -0.15) is 5.10 Å². The van der Waals surface area contributed by atoms with Crippen molar-refractivity contribution in [2.45, 2.75) is 19.3 Å². The van der Waals surface area contributed by atoms with Crippen molar-refractivity contribution in [2.24, 2.45) is 5.41 Å². The van der Waals surface area contributed by atoms with Crippen LogP contribution >= 0.6 is 12.4 Å². The summed E-state index contributed by atoms with van der Waals surface area (Å²) in [6.07, 6.45) is 7.08. The van der Waals surface area contributed by atoms with Crippen molar-refractivity contribution in [2.75, 3.05) is 13.1 Å². The lowest BCUT2D eigenvalue weighted by atomic mass is 9.66. The molecule has 2 N–H and O–H groups in total. The molecular weight excluding hydrogens is 392 g/mol. The van der Waals surface area contributed by atoms with Crippen LogP contribution in [0.15, 0.2) is 60.3 Å². The largest absolute Gasteiger partial charge is 0.345 e. The Bertz CT molecular complexity index is 1040. The van der Waals surface area contributed by atoms with Crippen LogP contribution in [0, 0.1) is 17.0 Å². The van der Waals surface area contributed by atoms with E-state index in [0.29, 0.717) is 0 Å². The van der Waals surface area contributed by atoms with Crippen molar-refractivity contribution in [1.29, 1.82) is 0 Å². The second kappa shape index (κ2) is 7.73. The quantitative estimate of drug-likeness (QED) is 0.696. The van der Waals surface area contributed by atoms with E-state index in [1.807, 2.05) is 23.0 Å². The molecule has 2 aliphatic rings. The van der Waals surface area contributed by atoms with Crippen molar-refractivity contribution in [3.05, 3.63) is 88.8 Å². The van der Waals surface area contributed by atoms with E-state index >= 15 is 0 Å². The second-order valence-electron chi connectivity index (χ2n) is 7.90. The summed E-state index contributed by atoms with van der Waals surface area (Å²) in [5, 5.41) is 6.98. The summed E-state index contributed by atoms with van der Waals surface area (Å²) in [4.78, 5) is 0. The zero-order valence-electron chi connectivity index (χ0n) is 15.9. The molecule has 1 atom stereocenters. The van der Waals surface area contributed by atoms with Gasteiger partial charge in [0.2, 0.25) is 0 Å². The average Bonchev–Trinajstić information content (AvgIpc) is 3.10. The maximum absolute atomic E-state index is 13.3. The third kappa shape index (κ3) is 3.61. The topological polar surface area (TPSA) is 34.4 Å². The van der Waals surface area contributed by atoms with Crippen LogP contribution in [0.5, 0.6) is 0 Å².